The number of aryl methyl sites for hydroxylation is 2. The van der Waals surface area contributed by atoms with Crippen LogP contribution < -0.4 is 15.4 Å². The second-order valence-electron chi connectivity index (χ2n) is 5.71. The van der Waals surface area contributed by atoms with Gasteiger partial charge >= 0.3 is 0 Å². The number of halogens is 1. The zero-order valence-electron chi connectivity index (χ0n) is 14.3. The molecule has 6 heteroatoms. The average Bonchev–Trinajstić information content (AvgIpc) is 2.56. The maximum Gasteiger partial charge on any atom is 0.226 e. The third-order valence-corrected chi connectivity index (χ3v) is 3.99. The Hall–Kier alpha value is -2.11. The first-order valence-electron chi connectivity index (χ1n) is 8.01. The van der Waals surface area contributed by atoms with Crippen LogP contribution in [0.3, 0.4) is 0 Å². The van der Waals surface area contributed by atoms with Crippen molar-refractivity contribution in [2.24, 2.45) is 0 Å². The van der Waals surface area contributed by atoms with E-state index < -0.39 is 0 Å². The summed E-state index contributed by atoms with van der Waals surface area (Å²) in [5, 5.41) is 6.47. The van der Waals surface area contributed by atoms with Crippen molar-refractivity contribution in [3.63, 3.8) is 0 Å². The molecule has 0 heterocycles. The Morgan fingerprint density at radius 3 is 2.60 bits per heavy atom. The van der Waals surface area contributed by atoms with Gasteiger partial charge in [-0.15, -0.1) is 0 Å². The summed E-state index contributed by atoms with van der Waals surface area (Å²) in [6.45, 7) is 4.38. The number of rotatable bonds is 6. The Morgan fingerprint density at radius 2 is 1.92 bits per heavy atom. The Kier molecular flexibility index (Phi) is 7.22. The van der Waals surface area contributed by atoms with Crippen LogP contribution >= 0.6 is 23.8 Å². The largest absolute Gasteiger partial charge is 0.494 e. The summed E-state index contributed by atoms with van der Waals surface area (Å²) in [5.41, 5.74) is 2.75. The van der Waals surface area contributed by atoms with Gasteiger partial charge in [-0.25, -0.2) is 0 Å². The number of benzene rings is 2. The first kappa shape index (κ1) is 19.2. The van der Waals surface area contributed by atoms with Crippen LogP contribution in [0.25, 0.3) is 0 Å². The van der Waals surface area contributed by atoms with Crippen LogP contribution in [0.15, 0.2) is 42.5 Å². The van der Waals surface area contributed by atoms with Gasteiger partial charge in [0.05, 0.1) is 17.3 Å². The van der Waals surface area contributed by atoms with Gasteiger partial charge < -0.3 is 15.4 Å². The number of ether oxygens (including phenoxy) is 1. The lowest BCUT2D eigenvalue weighted by molar-refractivity contribution is -0.119. The quantitative estimate of drug-likeness (QED) is 0.570. The zero-order valence-corrected chi connectivity index (χ0v) is 15.8. The number of carbonyl (C=O) groups is 1. The lowest BCUT2D eigenvalue weighted by Crippen LogP contribution is -2.34. The van der Waals surface area contributed by atoms with Crippen LogP contribution in [0, 0.1) is 13.8 Å². The Bertz CT molecular complexity index is 727. The predicted molar refractivity (Wildman–Crippen MR) is 106 cm³/mol. The smallest absolute Gasteiger partial charge is 0.226 e. The molecule has 0 aromatic heterocycles. The molecule has 0 spiro atoms. The maximum absolute atomic E-state index is 12.0. The third kappa shape index (κ3) is 6.36. The fraction of sp³-hybridized carbons (Fsp3) is 0.263. The van der Waals surface area contributed by atoms with Crippen molar-refractivity contribution in [1.29, 1.82) is 0 Å². The molecular formula is C19H21ClN2O2S. The summed E-state index contributed by atoms with van der Waals surface area (Å²) in [4.78, 5) is 12.0. The molecule has 4 nitrogen and oxygen atoms in total. The Labute approximate surface area is 158 Å². The maximum atomic E-state index is 12.0. The highest BCUT2D eigenvalue weighted by Crippen LogP contribution is 2.27. The zero-order chi connectivity index (χ0) is 18.2. The van der Waals surface area contributed by atoms with Crippen molar-refractivity contribution >= 4 is 40.5 Å². The van der Waals surface area contributed by atoms with E-state index >= 15 is 0 Å². The molecule has 0 saturated heterocycles. The highest BCUT2D eigenvalue weighted by Gasteiger charge is 2.09. The number of nitrogens with one attached hydrogen (secondary N) is 2. The van der Waals surface area contributed by atoms with Crippen LogP contribution in [-0.4, -0.2) is 17.6 Å². The van der Waals surface area contributed by atoms with Crippen molar-refractivity contribution < 1.29 is 9.53 Å². The predicted octanol–water partition coefficient (Wildman–Crippen LogP) is 4.63. The van der Waals surface area contributed by atoms with Gasteiger partial charge in [-0.1, -0.05) is 35.9 Å². The molecule has 2 aromatic rings. The van der Waals surface area contributed by atoms with Crippen molar-refractivity contribution in [2.45, 2.75) is 26.7 Å². The summed E-state index contributed by atoms with van der Waals surface area (Å²) < 4.78 is 5.55. The first-order chi connectivity index (χ1) is 12.0. The molecule has 0 fully saturated rings. The van der Waals surface area contributed by atoms with E-state index in [2.05, 4.69) is 10.6 Å². The number of anilines is 1. The summed E-state index contributed by atoms with van der Waals surface area (Å²) in [6.07, 6.45) is 0.933. The summed E-state index contributed by atoms with van der Waals surface area (Å²) >= 11 is 11.4. The van der Waals surface area contributed by atoms with Gasteiger partial charge in [-0.2, -0.15) is 0 Å². The van der Waals surface area contributed by atoms with Gasteiger partial charge in [0.25, 0.3) is 0 Å². The highest BCUT2D eigenvalue weighted by atomic mass is 35.5. The summed E-state index contributed by atoms with van der Waals surface area (Å²) in [7, 11) is 0. The highest BCUT2D eigenvalue weighted by molar-refractivity contribution is 7.80. The van der Waals surface area contributed by atoms with E-state index in [9.17, 15) is 4.79 Å². The van der Waals surface area contributed by atoms with E-state index in [1.807, 2.05) is 56.3 Å². The minimum atomic E-state index is -0.157. The molecule has 2 rings (SSSR count). The van der Waals surface area contributed by atoms with Crippen molar-refractivity contribution in [2.75, 3.05) is 11.9 Å². The average molecular weight is 377 g/mol. The van der Waals surface area contributed by atoms with Crippen molar-refractivity contribution in [3.05, 3.63) is 58.6 Å². The summed E-state index contributed by atoms with van der Waals surface area (Å²) in [5.74, 6) is 0.639. The molecule has 132 valence electrons. The number of para-hydroxylation sites is 1. The molecule has 0 atom stereocenters. The monoisotopic (exact) mass is 376 g/mol. The van der Waals surface area contributed by atoms with Crippen LogP contribution in [-0.2, 0) is 4.79 Å². The van der Waals surface area contributed by atoms with Crippen LogP contribution in [0.5, 0.6) is 5.75 Å². The number of amides is 1. The minimum Gasteiger partial charge on any atom is -0.494 e. The van der Waals surface area contributed by atoms with Crippen LogP contribution in [0.2, 0.25) is 5.02 Å². The minimum absolute atomic E-state index is 0.157. The van der Waals surface area contributed by atoms with Gasteiger partial charge in [0.1, 0.15) is 5.75 Å². The number of thiocarbonyl (C=S) groups is 1. The second-order valence-corrected chi connectivity index (χ2v) is 6.52. The second kappa shape index (κ2) is 9.39. The molecule has 0 radical (unpaired) electrons. The van der Waals surface area contributed by atoms with Crippen LogP contribution in [0.4, 0.5) is 5.69 Å². The lowest BCUT2D eigenvalue weighted by atomic mass is 10.1. The van der Waals surface area contributed by atoms with E-state index in [4.69, 9.17) is 28.6 Å². The molecule has 0 aliphatic rings. The van der Waals surface area contributed by atoms with Gasteiger partial charge in [0, 0.05) is 6.42 Å². The van der Waals surface area contributed by atoms with E-state index in [1.165, 1.54) is 0 Å². The molecule has 0 unspecified atom stereocenters. The molecule has 1 amide bonds. The van der Waals surface area contributed by atoms with Gasteiger partial charge in [-0.05, 0) is 61.8 Å². The third-order valence-electron chi connectivity index (χ3n) is 3.48. The van der Waals surface area contributed by atoms with Gasteiger partial charge in [0.2, 0.25) is 5.91 Å². The Balaban J connectivity index is 1.74. The van der Waals surface area contributed by atoms with Crippen molar-refractivity contribution in [3.8, 4) is 5.75 Å². The van der Waals surface area contributed by atoms with Crippen molar-refractivity contribution in [1.82, 2.24) is 5.32 Å². The standard InChI is InChI=1S/C19H21ClN2O2S/c1-13-11-14(2)18(16(20)12-13)22-19(25)21-17(23)9-6-10-24-15-7-4-3-5-8-15/h3-5,7-8,11-12H,6,9-10H2,1-2H3,(H2,21,22,23,25). The molecule has 2 aromatic carbocycles. The van der Waals surface area contributed by atoms with Gasteiger partial charge in [-0.3, -0.25) is 4.79 Å². The van der Waals surface area contributed by atoms with Gasteiger partial charge in [0.15, 0.2) is 5.11 Å². The van der Waals surface area contributed by atoms with E-state index in [0.29, 0.717) is 30.2 Å². The Morgan fingerprint density at radius 1 is 1.20 bits per heavy atom. The van der Waals surface area contributed by atoms with E-state index in [1.54, 1.807) is 0 Å². The SMILES string of the molecule is Cc1cc(C)c(NC(=S)NC(=O)CCCOc2ccccc2)c(Cl)c1. The molecule has 0 saturated carbocycles. The van der Waals surface area contributed by atoms with Crippen LogP contribution in [0.1, 0.15) is 24.0 Å². The number of hydrogen-bond donors (Lipinski definition) is 2. The summed E-state index contributed by atoms with van der Waals surface area (Å²) in [6, 6.07) is 13.4. The number of hydrogen-bond acceptors (Lipinski definition) is 3. The lowest BCUT2D eigenvalue weighted by Gasteiger charge is -2.14. The fourth-order valence-electron chi connectivity index (χ4n) is 2.35. The molecule has 0 aliphatic carbocycles. The molecule has 2 N–H and O–H groups in total. The first-order valence-corrected chi connectivity index (χ1v) is 8.80. The van der Waals surface area contributed by atoms with E-state index in [-0.39, 0.29) is 11.0 Å². The molecule has 0 bridgehead atoms. The fourth-order valence-corrected chi connectivity index (χ4v) is 2.93. The number of carbonyl (C=O) groups excluding carboxylic acids is 1. The molecular weight excluding hydrogens is 356 g/mol. The van der Waals surface area contributed by atoms with E-state index in [0.717, 1.165) is 16.9 Å². The normalized spacial score (nSPS) is 10.2. The topological polar surface area (TPSA) is 50.4 Å². The molecule has 25 heavy (non-hydrogen) atoms. The molecule has 0 aliphatic heterocycles.